The van der Waals surface area contributed by atoms with E-state index in [9.17, 15) is 10.2 Å². The quantitative estimate of drug-likeness (QED) is 0.838. The second kappa shape index (κ2) is 6.23. The molecule has 0 radical (unpaired) electrons. The molecule has 6 nitrogen and oxygen atoms in total. The van der Waals surface area contributed by atoms with Gasteiger partial charge in [-0.15, -0.1) is 0 Å². The standard InChI is InChI=1S/C16H22O6/c1-16(2)21-14-13(19-9-10-6-4-3-5-7-10)12(11(18)8-17)20-15(14)22-16/h3-7,11-15,17-18H,8-9H2,1-2H3/t11-,12-,13+,14+,15+/m1/s1. The number of hydrogen-bond acceptors (Lipinski definition) is 6. The molecule has 0 amide bonds. The zero-order valence-corrected chi connectivity index (χ0v) is 12.7. The third kappa shape index (κ3) is 3.17. The van der Waals surface area contributed by atoms with Gasteiger partial charge in [-0.05, 0) is 19.4 Å². The van der Waals surface area contributed by atoms with Gasteiger partial charge >= 0.3 is 0 Å². The molecule has 0 aliphatic carbocycles. The van der Waals surface area contributed by atoms with Crippen LogP contribution in [0.4, 0.5) is 0 Å². The average molecular weight is 310 g/mol. The molecule has 1 aromatic carbocycles. The van der Waals surface area contributed by atoms with Crippen molar-refractivity contribution >= 4 is 0 Å². The highest BCUT2D eigenvalue weighted by atomic mass is 16.8. The lowest BCUT2D eigenvalue weighted by Gasteiger charge is -2.28. The number of rotatable bonds is 5. The molecule has 0 spiro atoms. The number of benzene rings is 1. The van der Waals surface area contributed by atoms with Gasteiger partial charge in [-0.3, -0.25) is 0 Å². The molecule has 2 saturated heterocycles. The maximum Gasteiger partial charge on any atom is 0.190 e. The van der Waals surface area contributed by atoms with Crippen LogP contribution in [0.5, 0.6) is 0 Å². The normalized spacial score (nSPS) is 34.5. The topological polar surface area (TPSA) is 77.4 Å². The van der Waals surface area contributed by atoms with E-state index in [2.05, 4.69) is 0 Å². The van der Waals surface area contributed by atoms with Gasteiger partial charge in [-0.25, -0.2) is 0 Å². The summed E-state index contributed by atoms with van der Waals surface area (Å²) in [4.78, 5) is 0. The highest BCUT2D eigenvalue weighted by molar-refractivity contribution is 5.13. The van der Waals surface area contributed by atoms with Crippen LogP contribution in [0.3, 0.4) is 0 Å². The van der Waals surface area contributed by atoms with E-state index in [1.807, 2.05) is 30.3 Å². The number of ether oxygens (including phenoxy) is 4. The van der Waals surface area contributed by atoms with Crippen LogP contribution in [0.25, 0.3) is 0 Å². The first kappa shape index (κ1) is 15.9. The number of fused-ring (bicyclic) bond motifs is 1. The minimum absolute atomic E-state index is 0.372. The maximum absolute atomic E-state index is 9.94. The Morgan fingerprint density at radius 3 is 2.64 bits per heavy atom. The summed E-state index contributed by atoms with van der Waals surface area (Å²) in [6, 6.07) is 9.73. The van der Waals surface area contributed by atoms with Gasteiger partial charge in [0.1, 0.15) is 24.4 Å². The van der Waals surface area contributed by atoms with Crippen LogP contribution in [0.1, 0.15) is 19.4 Å². The molecule has 2 aliphatic heterocycles. The molecule has 5 atom stereocenters. The van der Waals surface area contributed by atoms with Crippen molar-refractivity contribution in [2.24, 2.45) is 0 Å². The molecule has 3 rings (SSSR count). The van der Waals surface area contributed by atoms with E-state index in [-0.39, 0.29) is 0 Å². The van der Waals surface area contributed by atoms with E-state index < -0.39 is 43.1 Å². The predicted molar refractivity (Wildman–Crippen MR) is 76.8 cm³/mol. The maximum atomic E-state index is 9.94. The molecule has 0 saturated carbocycles. The van der Waals surface area contributed by atoms with Crippen molar-refractivity contribution in [2.45, 2.75) is 56.9 Å². The van der Waals surface area contributed by atoms with E-state index in [0.717, 1.165) is 5.56 Å². The summed E-state index contributed by atoms with van der Waals surface area (Å²) >= 11 is 0. The lowest BCUT2D eigenvalue weighted by atomic mass is 10.1. The lowest BCUT2D eigenvalue weighted by Crippen LogP contribution is -2.44. The second-order valence-electron chi connectivity index (χ2n) is 6.08. The zero-order chi connectivity index (χ0) is 15.7. The molecule has 122 valence electrons. The van der Waals surface area contributed by atoms with Gasteiger partial charge in [-0.1, -0.05) is 30.3 Å². The van der Waals surface area contributed by atoms with Crippen molar-refractivity contribution in [1.82, 2.24) is 0 Å². The van der Waals surface area contributed by atoms with Gasteiger partial charge in [0.05, 0.1) is 13.2 Å². The Labute approximate surface area is 129 Å². The fraction of sp³-hybridized carbons (Fsp3) is 0.625. The van der Waals surface area contributed by atoms with Crippen LogP contribution in [0.15, 0.2) is 30.3 Å². The molecule has 0 aromatic heterocycles. The van der Waals surface area contributed by atoms with E-state index >= 15 is 0 Å². The monoisotopic (exact) mass is 310 g/mol. The van der Waals surface area contributed by atoms with E-state index in [1.165, 1.54) is 0 Å². The molecule has 0 bridgehead atoms. The van der Waals surface area contributed by atoms with Gasteiger partial charge < -0.3 is 29.2 Å². The first-order valence-electron chi connectivity index (χ1n) is 7.46. The Hall–Kier alpha value is -1.02. The van der Waals surface area contributed by atoms with Gasteiger partial charge in [0.15, 0.2) is 12.1 Å². The van der Waals surface area contributed by atoms with Crippen molar-refractivity contribution in [3.05, 3.63) is 35.9 Å². The van der Waals surface area contributed by atoms with Crippen LogP contribution in [-0.2, 0) is 25.6 Å². The minimum Gasteiger partial charge on any atom is -0.394 e. The minimum atomic E-state index is -1.04. The molecular formula is C16H22O6. The number of hydrogen-bond donors (Lipinski definition) is 2. The fourth-order valence-corrected chi connectivity index (χ4v) is 2.87. The molecule has 2 heterocycles. The lowest BCUT2D eigenvalue weighted by molar-refractivity contribution is -0.232. The van der Waals surface area contributed by atoms with E-state index in [4.69, 9.17) is 18.9 Å². The SMILES string of the molecule is CC1(C)O[C@@H]2O[C@H]([C@H](O)CO)[C@H](OCc3ccccc3)[C@@H]2O1. The van der Waals surface area contributed by atoms with Crippen molar-refractivity contribution < 1.29 is 29.2 Å². The Morgan fingerprint density at radius 1 is 1.23 bits per heavy atom. The first-order valence-corrected chi connectivity index (χ1v) is 7.46. The summed E-state index contributed by atoms with van der Waals surface area (Å²) in [6.07, 6.45) is -3.25. The Morgan fingerprint density at radius 2 is 1.95 bits per heavy atom. The third-order valence-electron chi connectivity index (χ3n) is 3.88. The molecule has 2 fully saturated rings. The summed E-state index contributed by atoms with van der Waals surface area (Å²) in [7, 11) is 0. The molecule has 0 unspecified atom stereocenters. The van der Waals surface area contributed by atoms with Crippen LogP contribution < -0.4 is 0 Å². The summed E-state index contributed by atoms with van der Waals surface area (Å²) < 4.78 is 23.1. The highest BCUT2D eigenvalue weighted by Gasteiger charge is 2.56. The third-order valence-corrected chi connectivity index (χ3v) is 3.88. The molecule has 2 N–H and O–H groups in total. The van der Waals surface area contributed by atoms with E-state index in [1.54, 1.807) is 13.8 Å². The van der Waals surface area contributed by atoms with Gasteiger partial charge in [0.25, 0.3) is 0 Å². The predicted octanol–water partition coefficient (Wildman–Crippen LogP) is 0.801. The van der Waals surface area contributed by atoms with Crippen LogP contribution >= 0.6 is 0 Å². The first-order chi connectivity index (χ1) is 10.5. The summed E-state index contributed by atoms with van der Waals surface area (Å²) in [5.41, 5.74) is 1.02. The van der Waals surface area contributed by atoms with Gasteiger partial charge in [0.2, 0.25) is 0 Å². The zero-order valence-electron chi connectivity index (χ0n) is 12.7. The summed E-state index contributed by atoms with van der Waals surface area (Å²) in [5, 5.41) is 19.1. The Bertz CT molecular complexity index is 491. The Balaban J connectivity index is 1.71. The van der Waals surface area contributed by atoms with Crippen LogP contribution in [-0.4, -0.2) is 53.3 Å². The average Bonchev–Trinajstić information content (AvgIpc) is 2.97. The fourth-order valence-electron chi connectivity index (χ4n) is 2.87. The van der Waals surface area contributed by atoms with Crippen molar-refractivity contribution in [3.8, 4) is 0 Å². The Kier molecular flexibility index (Phi) is 4.49. The molecule has 1 aromatic rings. The summed E-state index contributed by atoms with van der Waals surface area (Å²) in [6.45, 7) is 3.58. The van der Waals surface area contributed by atoms with Crippen molar-refractivity contribution in [1.29, 1.82) is 0 Å². The molecule has 2 aliphatic rings. The largest absolute Gasteiger partial charge is 0.394 e. The van der Waals surface area contributed by atoms with Gasteiger partial charge in [0, 0.05) is 0 Å². The number of aliphatic hydroxyl groups excluding tert-OH is 2. The molecule has 6 heteroatoms. The van der Waals surface area contributed by atoms with Crippen LogP contribution in [0.2, 0.25) is 0 Å². The molecular weight excluding hydrogens is 288 g/mol. The summed E-state index contributed by atoms with van der Waals surface area (Å²) in [5.74, 6) is -0.751. The van der Waals surface area contributed by atoms with Gasteiger partial charge in [-0.2, -0.15) is 0 Å². The van der Waals surface area contributed by atoms with Crippen molar-refractivity contribution in [2.75, 3.05) is 6.61 Å². The number of aliphatic hydroxyl groups is 2. The highest BCUT2D eigenvalue weighted by Crippen LogP contribution is 2.39. The molecule has 22 heavy (non-hydrogen) atoms. The van der Waals surface area contributed by atoms with E-state index in [0.29, 0.717) is 6.61 Å². The smallest absolute Gasteiger partial charge is 0.190 e. The van der Waals surface area contributed by atoms with Crippen LogP contribution in [0, 0.1) is 0 Å². The van der Waals surface area contributed by atoms with Crippen molar-refractivity contribution in [3.63, 3.8) is 0 Å². The second-order valence-corrected chi connectivity index (χ2v) is 6.08.